The van der Waals surface area contributed by atoms with E-state index < -0.39 is 6.10 Å². The van der Waals surface area contributed by atoms with Crippen LogP contribution >= 0.6 is 0 Å². The minimum Gasteiger partial charge on any atom is -0.462 e. The molecule has 6 heteroatoms. The highest BCUT2D eigenvalue weighted by molar-refractivity contribution is 5.71. The molecule has 0 N–H and O–H groups in total. The van der Waals surface area contributed by atoms with Gasteiger partial charge in [-0.05, 0) is 116 Å². The molecule has 0 aliphatic carbocycles. The first-order valence-electron chi connectivity index (χ1n) is 33.9. The topological polar surface area (TPSA) is 78.9 Å². The molecule has 0 bridgehead atoms. The predicted molar refractivity (Wildman–Crippen MR) is 339 cm³/mol. The van der Waals surface area contributed by atoms with E-state index in [9.17, 15) is 14.4 Å². The van der Waals surface area contributed by atoms with Gasteiger partial charge in [-0.25, -0.2) is 0 Å². The Bertz CT molecular complexity index is 1440. The molecule has 0 aliphatic rings. The molecule has 78 heavy (non-hydrogen) atoms. The third-order valence-electron chi connectivity index (χ3n) is 14.9. The first-order chi connectivity index (χ1) is 38.5. The van der Waals surface area contributed by atoms with Crippen LogP contribution in [0.2, 0.25) is 0 Å². The lowest BCUT2D eigenvalue weighted by molar-refractivity contribution is -0.167. The van der Waals surface area contributed by atoms with Gasteiger partial charge in [-0.1, -0.05) is 286 Å². The van der Waals surface area contributed by atoms with Gasteiger partial charge in [0.15, 0.2) is 6.10 Å². The third-order valence-corrected chi connectivity index (χ3v) is 14.9. The van der Waals surface area contributed by atoms with E-state index in [0.717, 1.165) is 96.3 Å². The number of carbonyl (C=O) groups is 3. The zero-order chi connectivity index (χ0) is 56.4. The molecule has 0 aromatic carbocycles. The number of rotatable bonds is 62. The average molecular weight is 1090 g/mol. The molecule has 0 aromatic heterocycles. The van der Waals surface area contributed by atoms with Gasteiger partial charge in [-0.3, -0.25) is 14.4 Å². The molecule has 6 nitrogen and oxygen atoms in total. The van der Waals surface area contributed by atoms with E-state index in [1.54, 1.807) is 0 Å². The number of hydrogen-bond acceptors (Lipinski definition) is 6. The molecule has 0 aromatic rings. The molecule has 0 amide bonds. The number of allylic oxidation sites excluding steroid dienone is 12. The van der Waals surface area contributed by atoms with Gasteiger partial charge in [0.1, 0.15) is 13.2 Å². The SMILES string of the molecule is CCCCCCC/C=C\C/C=C\C/C=C\CCCCCCCCC(=O)OC(COC(=O)CCCCCCC/C=C\CCCCCCCCC)COC(=O)CCCCCCCCCCCCC/C=C\C/C=C\CCCCCCC. The largest absolute Gasteiger partial charge is 0.462 e. The van der Waals surface area contributed by atoms with Crippen LogP contribution < -0.4 is 0 Å². The van der Waals surface area contributed by atoms with Gasteiger partial charge in [-0.15, -0.1) is 0 Å². The van der Waals surface area contributed by atoms with Crippen molar-refractivity contribution >= 4 is 17.9 Å². The van der Waals surface area contributed by atoms with Crippen molar-refractivity contribution in [3.05, 3.63) is 72.9 Å². The lowest BCUT2D eigenvalue weighted by Crippen LogP contribution is -2.30. The summed E-state index contributed by atoms with van der Waals surface area (Å²) in [6.45, 7) is 6.64. The van der Waals surface area contributed by atoms with Crippen LogP contribution in [0.3, 0.4) is 0 Å². The average Bonchev–Trinajstić information content (AvgIpc) is 3.44. The van der Waals surface area contributed by atoms with Crippen LogP contribution in [0.15, 0.2) is 72.9 Å². The van der Waals surface area contributed by atoms with Crippen LogP contribution in [0.1, 0.15) is 348 Å². The Hall–Kier alpha value is -3.15. The molecule has 0 saturated heterocycles. The van der Waals surface area contributed by atoms with Gasteiger partial charge in [0.25, 0.3) is 0 Å². The smallest absolute Gasteiger partial charge is 0.306 e. The van der Waals surface area contributed by atoms with Crippen molar-refractivity contribution in [2.24, 2.45) is 0 Å². The zero-order valence-corrected chi connectivity index (χ0v) is 51.9. The number of ether oxygens (including phenoxy) is 3. The first-order valence-corrected chi connectivity index (χ1v) is 33.9. The summed E-state index contributed by atoms with van der Waals surface area (Å²) in [5.74, 6) is -0.889. The Balaban J connectivity index is 4.38. The minimum atomic E-state index is -0.789. The Morgan fingerprint density at radius 3 is 0.731 bits per heavy atom. The molecule has 452 valence electrons. The van der Waals surface area contributed by atoms with E-state index >= 15 is 0 Å². The van der Waals surface area contributed by atoms with Crippen molar-refractivity contribution in [1.82, 2.24) is 0 Å². The van der Waals surface area contributed by atoms with Crippen LogP contribution in [0.25, 0.3) is 0 Å². The summed E-state index contributed by atoms with van der Waals surface area (Å²) in [5.41, 5.74) is 0. The van der Waals surface area contributed by atoms with E-state index in [0.29, 0.717) is 19.3 Å². The van der Waals surface area contributed by atoms with Crippen LogP contribution in [0.5, 0.6) is 0 Å². The van der Waals surface area contributed by atoms with Gasteiger partial charge in [-0.2, -0.15) is 0 Å². The normalized spacial score (nSPS) is 12.5. The van der Waals surface area contributed by atoms with Gasteiger partial charge < -0.3 is 14.2 Å². The summed E-state index contributed by atoms with van der Waals surface area (Å²) in [5, 5.41) is 0. The fourth-order valence-corrected chi connectivity index (χ4v) is 9.77. The Morgan fingerprint density at radius 1 is 0.256 bits per heavy atom. The summed E-state index contributed by atoms with van der Waals surface area (Å²) in [6, 6.07) is 0. The molecule has 0 rings (SSSR count). The zero-order valence-electron chi connectivity index (χ0n) is 51.9. The van der Waals surface area contributed by atoms with Gasteiger partial charge >= 0.3 is 17.9 Å². The summed E-state index contributed by atoms with van der Waals surface area (Å²) >= 11 is 0. The second kappa shape index (κ2) is 66.4. The van der Waals surface area contributed by atoms with Gasteiger partial charge in [0.05, 0.1) is 0 Å². The summed E-state index contributed by atoms with van der Waals surface area (Å²) in [7, 11) is 0. The lowest BCUT2D eigenvalue weighted by atomic mass is 10.0. The van der Waals surface area contributed by atoms with E-state index in [-0.39, 0.29) is 31.1 Å². The molecule has 0 spiro atoms. The number of esters is 3. The maximum absolute atomic E-state index is 12.9. The Morgan fingerprint density at radius 2 is 0.462 bits per heavy atom. The highest BCUT2D eigenvalue weighted by atomic mass is 16.6. The molecule has 0 saturated carbocycles. The second-order valence-corrected chi connectivity index (χ2v) is 22.7. The molecule has 0 radical (unpaired) electrons. The van der Waals surface area contributed by atoms with Crippen molar-refractivity contribution < 1.29 is 28.6 Å². The van der Waals surface area contributed by atoms with Gasteiger partial charge in [0.2, 0.25) is 0 Å². The van der Waals surface area contributed by atoms with Crippen molar-refractivity contribution in [3.63, 3.8) is 0 Å². The molecule has 1 unspecified atom stereocenters. The summed E-state index contributed by atoms with van der Waals surface area (Å²) < 4.78 is 17.0. The van der Waals surface area contributed by atoms with Crippen molar-refractivity contribution in [1.29, 1.82) is 0 Å². The maximum atomic E-state index is 12.9. The highest BCUT2D eigenvalue weighted by Gasteiger charge is 2.19. The number of unbranched alkanes of at least 4 members (excludes halogenated alkanes) is 39. The van der Waals surface area contributed by atoms with Crippen LogP contribution in [0.4, 0.5) is 0 Å². The number of hydrogen-bond donors (Lipinski definition) is 0. The van der Waals surface area contributed by atoms with Crippen molar-refractivity contribution in [2.45, 2.75) is 354 Å². The fraction of sp³-hybridized carbons (Fsp3) is 0.792. The van der Waals surface area contributed by atoms with E-state index in [1.807, 2.05) is 0 Å². The fourth-order valence-electron chi connectivity index (χ4n) is 9.77. The molecule has 1 atom stereocenters. The van der Waals surface area contributed by atoms with E-state index in [1.165, 1.54) is 212 Å². The number of carbonyl (C=O) groups excluding carboxylic acids is 3. The molecule has 0 aliphatic heterocycles. The minimum absolute atomic E-state index is 0.0829. The van der Waals surface area contributed by atoms with E-state index in [2.05, 4.69) is 93.7 Å². The van der Waals surface area contributed by atoms with Crippen LogP contribution in [0, 0.1) is 0 Å². The van der Waals surface area contributed by atoms with Crippen molar-refractivity contribution in [3.8, 4) is 0 Å². The third kappa shape index (κ3) is 63.7. The quantitative estimate of drug-likeness (QED) is 0.0261. The monoisotopic (exact) mass is 1090 g/mol. The molecular weight excluding hydrogens is 961 g/mol. The van der Waals surface area contributed by atoms with Crippen LogP contribution in [-0.4, -0.2) is 37.2 Å². The van der Waals surface area contributed by atoms with Crippen LogP contribution in [-0.2, 0) is 28.6 Å². The van der Waals surface area contributed by atoms with Crippen molar-refractivity contribution in [2.75, 3.05) is 13.2 Å². The molecule has 0 fully saturated rings. The highest BCUT2D eigenvalue weighted by Crippen LogP contribution is 2.16. The summed E-state index contributed by atoms with van der Waals surface area (Å²) in [4.78, 5) is 38.4. The second-order valence-electron chi connectivity index (χ2n) is 22.7. The Labute approximate surface area is 484 Å². The summed E-state index contributed by atoms with van der Waals surface area (Å²) in [6.07, 6.45) is 86.2. The van der Waals surface area contributed by atoms with Gasteiger partial charge in [0, 0.05) is 19.3 Å². The lowest BCUT2D eigenvalue weighted by Gasteiger charge is -2.18. The first kappa shape index (κ1) is 74.8. The molecule has 0 heterocycles. The standard InChI is InChI=1S/C72H128O6/c1-4-7-10-13-16-19-22-25-28-31-33-35-36-38-39-41-44-47-50-53-56-59-62-65-71(74)77-68-69(67-76-70(73)64-61-58-55-52-49-46-43-30-27-24-21-18-15-12-9-6-3)78-72(75)66-63-60-57-54-51-48-45-42-40-37-34-32-29-26-23-20-17-14-11-8-5-2/h22-23,25-26,30-34,40,42-43,69H,4-21,24,27-29,35-39,41,44-68H2,1-3H3/b25-22-,26-23-,33-31-,34-32-,42-40-,43-30-. The Kier molecular flexibility index (Phi) is 63.7. The maximum Gasteiger partial charge on any atom is 0.306 e. The molecular formula is C72H128O6. The van der Waals surface area contributed by atoms with E-state index in [4.69, 9.17) is 14.2 Å². The predicted octanol–water partition coefficient (Wildman–Crippen LogP) is 23.3.